The summed E-state index contributed by atoms with van der Waals surface area (Å²) in [6.45, 7) is 2.85. The molecule has 1 heterocycles. The van der Waals surface area contributed by atoms with E-state index in [9.17, 15) is 10.1 Å². The van der Waals surface area contributed by atoms with Crippen molar-refractivity contribution in [3.8, 4) is 0 Å². The van der Waals surface area contributed by atoms with Crippen molar-refractivity contribution in [2.75, 3.05) is 6.54 Å². The molecule has 2 aromatic carbocycles. The first-order valence-corrected chi connectivity index (χ1v) is 8.16. The number of rotatable bonds is 7. The van der Waals surface area contributed by atoms with Gasteiger partial charge < -0.3 is 15.4 Å². The van der Waals surface area contributed by atoms with Crippen LogP contribution in [0.1, 0.15) is 23.0 Å². The minimum Gasteiger partial charge on any atom is -0.358 e. The van der Waals surface area contributed by atoms with E-state index in [1.807, 2.05) is 36.4 Å². The molecule has 27 heavy (non-hydrogen) atoms. The van der Waals surface area contributed by atoms with E-state index in [4.69, 9.17) is 0 Å². The number of hydrogen-bond donors (Lipinski definition) is 1. The standard InChI is InChI=1S/C19H20N4O2.2ClH/c1-15-21-14-18(23(24)25)22(15)13-12-20-19(16-8-4-2-5-9-16)17-10-6-3-7-11-17;;/h2-11,14,19-20H,12-13H2,1H3;2*1H. The number of hydrogen-bond acceptors (Lipinski definition) is 4. The minimum atomic E-state index is -0.397. The summed E-state index contributed by atoms with van der Waals surface area (Å²) < 4.78 is 1.63. The molecule has 6 nitrogen and oxygen atoms in total. The second-order valence-electron chi connectivity index (χ2n) is 5.78. The molecular formula is C19H22Cl2N4O2. The Labute approximate surface area is 170 Å². The number of halogens is 2. The number of nitrogens with zero attached hydrogens (tertiary/aromatic N) is 3. The highest BCUT2D eigenvalue weighted by Crippen LogP contribution is 2.21. The zero-order valence-corrected chi connectivity index (χ0v) is 16.5. The summed E-state index contributed by atoms with van der Waals surface area (Å²) in [4.78, 5) is 14.7. The van der Waals surface area contributed by atoms with Gasteiger partial charge in [0.05, 0.1) is 6.04 Å². The zero-order valence-electron chi connectivity index (χ0n) is 14.8. The van der Waals surface area contributed by atoms with Crippen LogP contribution in [0.15, 0.2) is 66.9 Å². The summed E-state index contributed by atoms with van der Waals surface area (Å²) in [5, 5.41) is 14.6. The topological polar surface area (TPSA) is 73.0 Å². The highest BCUT2D eigenvalue weighted by molar-refractivity contribution is 5.85. The van der Waals surface area contributed by atoms with Crippen LogP contribution in [0.4, 0.5) is 5.82 Å². The van der Waals surface area contributed by atoms with Crippen LogP contribution in [-0.4, -0.2) is 21.0 Å². The Bertz CT molecular complexity index is 802. The lowest BCUT2D eigenvalue weighted by atomic mass is 9.99. The van der Waals surface area contributed by atoms with Gasteiger partial charge in [-0.15, -0.1) is 24.8 Å². The van der Waals surface area contributed by atoms with E-state index in [1.165, 1.54) is 6.20 Å². The Balaban J connectivity index is 0.00000182. The highest BCUT2D eigenvalue weighted by Gasteiger charge is 2.18. The molecule has 0 fully saturated rings. The predicted octanol–water partition coefficient (Wildman–Crippen LogP) is 4.32. The van der Waals surface area contributed by atoms with Gasteiger partial charge in [-0.3, -0.25) is 0 Å². The van der Waals surface area contributed by atoms with Gasteiger partial charge in [0, 0.05) is 13.5 Å². The number of aryl methyl sites for hydroxylation is 1. The number of nitro groups is 1. The normalized spacial score (nSPS) is 10.1. The van der Waals surface area contributed by atoms with Gasteiger partial charge in [0.25, 0.3) is 0 Å². The van der Waals surface area contributed by atoms with Crippen molar-refractivity contribution < 1.29 is 4.92 Å². The molecule has 3 aromatic rings. The quantitative estimate of drug-likeness (QED) is 0.466. The third-order valence-corrected chi connectivity index (χ3v) is 4.17. The second-order valence-corrected chi connectivity index (χ2v) is 5.78. The molecule has 0 unspecified atom stereocenters. The molecule has 0 spiro atoms. The van der Waals surface area contributed by atoms with Crippen molar-refractivity contribution in [1.82, 2.24) is 14.9 Å². The van der Waals surface area contributed by atoms with Crippen LogP contribution in [-0.2, 0) is 6.54 Å². The Morgan fingerprint density at radius 2 is 1.56 bits per heavy atom. The molecule has 1 N–H and O–H groups in total. The van der Waals surface area contributed by atoms with Crippen molar-refractivity contribution in [2.45, 2.75) is 19.5 Å². The van der Waals surface area contributed by atoms with Crippen molar-refractivity contribution in [2.24, 2.45) is 0 Å². The Hall–Kier alpha value is -2.41. The summed E-state index contributed by atoms with van der Waals surface area (Å²) in [6.07, 6.45) is 1.31. The van der Waals surface area contributed by atoms with Crippen LogP contribution in [0, 0.1) is 17.0 Å². The maximum Gasteiger partial charge on any atom is 0.342 e. The first-order chi connectivity index (χ1) is 12.2. The summed E-state index contributed by atoms with van der Waals surface area (Å²) >= 11 is 0. The van der Waals surface area contributed by atoms with Crippen LogP contribution in [0.5, 0.6) is 0 Å². The largest absolute Gasteiger partial charge is 0.358 e. The Morgan fingerprint density at radius 1 is 1.04 bits per heavy atom. The molecule has 144 valence electrons. The number of aromatic nitrogens is 2. The molecule has 0 saturated heterocycles. The fraction of sp³-hybridized carbons (Fsp3) is 0.211. The van der Waals surface area contributed by atoms with E-state index in [0.29, 0.717) is 18.9 Å². The highest BCUT2D eigenvalue weighted by atomic mass is 35.5. The second kappa shape index (κ2) is 10.7. The average Bonchev–Trinajstić information content (AvgIpc) is 3.01. The molecule has 3 rings (SSSR count). The molecule has 0 radical (unpaired) electrons. The van der Waals surface area contributed by atoms with E-state index in [-0.39, 0.29) is 36.7 Å². The van der Waals surface area contributed by atoms with Crippen molar-refractivity contribution in [3.63, 3.8) is 0 Å². The van der Waals surface area contributed by atoms with Crippen molar-refractivity contribution >= 4 is 30.6 Å². The molecule has 0 atom stereocenters. The van der Waals surface area contributed by atoms with E-state index in [2.05, 4.69) is 34.6 Å². The summed E-state index contributed by atoms with van der Waals surface area (Å²) in [6, 6.07) is 20.4. The van der Waals surface area contributed by atoms with Crippen LogP contribution in [0.25, 0.3) is 0 Å². The van der Waals surface area contributed by atoms with Gasteiger partial charge in [-0.2, -0.15) is 0 Å². The van der Waals surface area contributed by atoms with Gasteiger partial charge >= 0.3 is 5.82 Å². The third-order valence-electron chi connectivity index (χ3n) is 4.17. The lowest BCUT2D eigenvalue weighted by Crippen LogP contribution is -2.26. The first kappa shape index (κ1) is 22.6. The molecule has 1 aromatic heterocycles. The van der Waals surface area contributed by atoms with E-state index >= 15 is 0 Å². The van der Waals surface area contributed by atoms with Gasteiger partial charge in [0.1, 0.15) is 12.7 Å². The monoisotopic (exact) mass is 408 g/mol. The predicted molar refractivity (Wildman–Crippen MR) is 111 cm³/mol. The molecule has 8 heteroatoms. The van der Waals surface area contributed by atoms with Crippen LogP contribution >= 0.6 is 24.8 Å². The molecule has 0 aliphatic rings. The van der Waals surface area contributed by atoms with E-state index < -0.39 is 4.92 Å². The van der Waals surface area contributed by atoms with Crippen LogP contribution < -0.4 is 5.32 Å². The van der Waals surface area contributed by atoms with Gasteiger partial charge in [-0.25, -0.2) is 9.55 Å². The lowest BCUT2D eigenvalue weighted by molar-refractivity contribution is -0.392. The lowest BCUT2D eigenvalue weighted by Gasteiger charge is -2.19. The molecule has 0 bridgehead atoms. The molecule has 0 aliphatic carbocycles. The number of imidazole rings is 1. The SMILES string of the molecule is Cc1ncc([N+](=O)[O-])n1CCNC(c1ccccc1)c1ccccc1.Cl.Cl. The molecule has 0 saturated carbocycles. The minimum absolute atomic E-state index is 0. The summed E-state index contributed by atoms with van der Waals surface area (Å²) in [5.74, 6) is 0.666. The van der Waals surface area contributed by atoms with Gasteiger partial charge in [0.2, 0.25) is 0 Å². The van der Waals surface area contributed by atoms with Crippen LogP contribution in [0.3, 0.4) is 0 Å². The van der Waals surface area contributed by atoms with Crippen molar-refractivity contribution in [3.05, 3.63) is 93.9 Å². The van der Waals surface area contributed by atoms with E-state index in [0.717, 1.165) is 11.1 Å². The van der Waals surface area contributed by atoms with Gasteiger partial charge in [0.15, 0.2) is 5.82 Å². The molecule has 0 amide bonds. The first-order valence-electron chi connectivity index (χ1n) is 8.16. The maximum absolute atomic E-state index is 11.1. The van der Waals surface area contributed by atoms with E-state index in [1.54, 1.807) is 11.5 Å². The molecular weight excluding hydrogens is 387 g/mol. The number of nitrogens with one attached hydrogen (secondary N) is 1. The van der Waals surface area contributed by atoms with Crippen LogP contribution in [0.2, 0.25) is 0 Å². The fourth-order valence-corrected chi connectivity index (χ4v) is 2.92. The third kappa shape index (κ3) is 5.53. The zero-order chi connectivity index (χ0) is 17.6. The fourth-order valence-electron chi connectivity index (χ4n) is 2.92. The van der Waals surface area contributed by atoms with Gasteiger partial charge in [-0.1, -0.05) is 60.7 Å². The Kier molecular flexibility index (Phi) is 8.94. The summed E-state index contributed by atoms with van der Waals surface area (Å²) in [5.41, 5.74) is 2.32. The average molecular weight is 409 g/mol. The molecule has 0 aliphatic heterocycles. The van der Waals surface area contributed by atoms with Crippen molar-refractivity contribution in [1.29, 1.82) is 0 Å². The van der Waals surface area contributed by atoms with Gasteiger partial charge in [-0.05, 0) is 16.1 Å². The summed E-state index contributed by atoms with van der Waals surface area (Å²) in [7, 11) is 0. The number of benzene rings is 2. The Morgan fingerprint density at radius 3 is 2.04 bits per heavy atom. The maximum atomic E-state index is 11.1. The smallest absolute Gasteiger partial charge is 0.342 e.